The molecule has 2 aromatic rings. The number of hydrogen-bond acceptors (Lipinski definition) is 6. The van der Waals surface area contributed by atoms with Gasteiger partial charge in [0.15, 0.2) is 5.52 Å². The molecule has 0 aliphatic rings. The van der Waals surface area contributed by atoms with Crippen molar-refractivity contribution in [2.75, 3.05) is 5.75 Å². The summed E-state index contributed by atoms with van der Waals surface area (Å²) in [4.78, 5) is 11.4. The number of nitro benzene ring substituents is 1. The van der Waals surface area contributed by atoms with E-state index in [0.717, 1.165) is 30.3 Å². The van der Waals surface area contributed by atoms with E-state index in [1.165, 1.54) is 11.8 Å². The second-order valence-electron chi connectivity index (χ2n) is 3.50. The SMILES string of the molecule is CCCCSc1ccc2nsnc2c1[N+](=O)[O-]. The highest BCUT2D eigenvalue weighted by Gasteiger charge is 2.21. The molecule has 5 nitrogen and oxygen atoms in total. The van der Waals surface area contributed by atoms with Gasteiger partial charge in [-0.05, 0) is 24.3 Å². The Bertz CT molecular complexity index is 541. The summed E-state index contributed by atoms with van der Waals surface area (Å²) in [5, 5.41) is 11.1. The van der Waals surface area contributed by atoms with Crippen molar-refractivity contribution in [3.05, 3.63) is 22.2 Å². The first kappa shape index (κ1) is 12.3. The van der Waals surface area contributed by atoms with Crippen LogP contribution in [0.5, 0.6) is 0 Å². The molecule has 0 atom stereocenters. The molecule has 0 spiro atoms. The maximum atomic E-state index is 11.1. The van der Waals surface area contributed by atoms with Gasteiger partial charge in [0.1, 0.15) is 5.52 Å². The van der Waals surface area contributed by atoms with Crippen LogP contribution in [-0.4, -0.2) is 19.4 Å². The van der Waals surface area contributed by atoms with Crippen molar-refractivity contribution in [3.63, 3.8) is 0 Å². The number of nitrogens with zero attached hydrogens (tertiary/aromatic N) is 3. The molecule has 7 heteroatoms. The third-order valence-electron chi connectivity index (χ3n) is 2.30. The first-order chi connectivity index (χ1) is 8.24. The minimum absolute atomic E-state index is 0.0948. The average Bonchev–Trinajstić information content (AvgIpc) is 2.76. The number of fused-ring (bicyclic) bond motifs is 1. The van der Waals surface area contributed by atoms with Crippen LogP contribution in [0.15, 0.2) is 17.0 Å². The highest BCUT2D eigenvalue weighted by molar-refractivity contribution is 7.99. The zero-order valence-corrected chi connectivity index (χ0v) is 10.9. The molecule has 0 bridgehead atoms. The van der Waals surface area contributed by atoms with E-state index in [1.807, 2.05) is 0 Å². The van der Waals surface area contributed by atoms with E-state index >= 15 is 0 Å². The molecular weight excluding hydrogens is 258 g/mol. The summed E-state index contributed by atoms with van der Waals surface area (Å²) < 4.78 is 8.02. The Balaban J connectivity index is 2.39. The summed E-state index contributed by atoms with van der Waals surface area (Å²) >= 11 is 2.52. The van der Waals surface area contributed by atoms with Crippen molar-refractivity contribution in [3.8, 4) is 0 Å². The van der Waals surface area contributed by atoms with Crippen LogP contribution in [-0.2, 0) is 0 Å². The molecule has 0 aliphatic heterocycles. The Morgan fingerprint density at radius 2 is 2.29 bits per heavy atom. The molecule has 0 N–H and O–H groups in total. The fourth-order valence-electron chi connectivity index (χ4n) is 1.44. The van der Waals surface area contributed by atoms with Crippen LogP contribution in [0.25, 0.3) is 11.0 Å². The van der Waals surface area contributed by atoms with Crippen LogP contribution in [0, 0.1) is 10.1 Å². The van der Waals surface area contributed by atoms with Crippen molar-refractivity contribution in [2.24, 2.45) is 0 Å². The van der Waals surface area contributed by atoms with E-state index in [2.05, 4.69) is 15.7 Å². The third kappa shape index (κ3) is 2.55. The molecule has 0 amide bonds. The van der Waals surface area contributed by atoms with Gasteiger partial charge in [0, 0.05) is 0 Å². The predicted octanol–water partition coefficient (Wildman–Crippen LogP) is 3.49. The summed E-state index contributed by atoms with van der Waals surface area (Å²) in [6.07, 6.45) is 2.14. The molecule has 0 saturated heterocycles. The van der Waals surface area contributed by atoms with Crippen LogP contribution in [0.4, 0.5) is 5.69 Å². The molecule has 0 unspecified atom stereocenters. The number of aromatic nitrogens is 2. The van der Waals surface area contributed by atoms with Crippen molar-refractivity contribution in [1.29, 1.82) is 0 Å². The summed E-state index contributed by atoms with van der Waals surface area (Å²) in [6, 6.07) is 3.56. The Morgan fingerprint density at radius 1 is 1.47 bits per heavy atom. The minimum atomic E-state index is -0.363. The van der Waals surface area contributed by atoms with Gasteiger partial charge in [-0.1, -0.05) is 13.3 Å². The molecule has 2 rings (SSSR count). The molecule has 1 aromatic heterocycles. The molecular formula is C10H11N3O2S2. The average molecular weight is 269 g/mol. The Morgan fingerprint density at radius 3 is 3.00 bits per heavy atom. The number of hydrogen-bond donors (Lipinski definition) is 0. The lowest BCUT2D eigenvalue weighted by atomic mass is 10.3. The van der Waals surface area contributed by atoms with E-state index < -0.39 is 0 Å². The molecule has 17 heavy (non-hydrogen) atoms. The predicted molar refractivity (Wildman–Crippen MR) is 69.7 cm³/mol. The number of nitro groups is 1. The quantitative estimate of drug-likeness (QED) is 0.359. The molecule has 0 radical (unpaired) electrons. The highest BCUT2D eigenvalue weighted by atomic mass is 32.2. The van der Waals surface area contributed by atoms with Crippen LogP contribution in [0.3, 0.4) is 0 Å². The number of unbranched alkanes of at least 4 members (excludes halogenated alkanes) is 1. The maximum Gasteiger partial charge on any atom is 0.311 e. The number of rotatable bonds is 5. The summed E-state index contributed by atoms with van der Waals surface area (Å²) in [7, 11) is 0. The van der Waals surface area contributed by atoms with Crippen molar-refractivity contribution in [1.82, 2.24) is 8.75 Å². The summed E-state index contributed by atoms with van der Waals surface area (Å²) in [5.74, 6) is 0.889. The lowest BCUT2D eigenvalue weighted by Gasteiger charge is -2.02. The first-order valence-electron chi connectivity index (χ1n) is 5.26. The molecule has 0 fully saturated rings. The van der Waals surface area contributed by atoms with Gasteiger partial charge in [0.25, 0.3) is 0 Å². The van der Waals surface area contributed by atoms with E-state index in [1.54, 1.807) is 12.1 Å². The highest BCUT2D eigenvalue weighted by Crippen LogP contribution is 2.35. The Hall–Kier alpha value is -1.21. The zero-order valence-electron chi connectivity index (χ0n) is 9.25. The largest absolute Gasteiger partial charge is 0.311 e. The Labute approximate surface area is 107 Å². The number of thioether (sulfide) groups is 1. The van der Waals surface area contributed by atoms with Crippen LogP contribution in [0.1, 0.15) is 19.8 Å². The van der Waals surface area contributed by atoms with Crippen LogP contribution < -0.4 is 0 Å². The second-order valence-corrected chi connectivity index (χ2v) is 5.17. The first-order valence-corrected chi connectivity index (χ1v) is 6.98. The lowest BCUT2D eigenvalue weighted by Crippen LogP contribution is -1.93. The minimum Gasteiger partial charge on any atom is -0.258 e. The maximum absolute atomic E-state index is 11.1. The van der Waals surface area contributed by atoms with Gasteiger partial charge < -0.3 is 0 Å². The molecule has 0 aliphatic carbocycles. The van der Waals surface area contributed by atoms with Gasteiger partial charge in [-0.15, -0.1) is 11.8 Å². The fourth-order valence-corrected chi connectivity index (χ4v) is 3.10. The zero-order chi connectivity index (χ0) is 12.3. The van der Waals surface area contributed by atoms with E-state index in [0.29, 0.717) is 15.9 Å². The van der Waals surface area contributed by atoms with Crippen molar-refractivity contribution < 1.29 is 4.92 Å². The summed E-state index contributed by atoms with van der Waals surface area (Å²) in [6.45, 7) is 2.10. The summed E-state index contributed by atoms with van der Waals surface area (Å²) in [5.41, 5.74) is 1.10. The van der Waals surface area contributed by atoms with Gasteiger partial charge in [-0.3, -0.25) is 10.1 Å². The van der Waals surface area contributed by atoms with Crippen LogP contribution in [0.2, 0.25) is 0 Å². The van der Waals surface area contributed by atoms with Crippen molar-refractivity contribution in [2.45, 2.75) is 24.7 Å². The van der Waals surface area contributed by atoms with Gasteiger partial charge >= 0.3 is 5.69 Å². The molecule has 1 aromatic carbocycles. The van der Waals surface area contributed by atoms with Gasteiger partial charge in [-0.25, -0.2) is 0 Å². The van der Waals surface area contributed by atoms with Crippen molar-refractivity contribution >= 4 is 40.2 Å². The van der Waals surface area contributed by atoms with Crippen LogP contribution >= 0.6 is 23.5 Å². The standard InChI is InChI=1S/C10H11N3O2S2/c1-2-3-6-16-8-5-4-7-9(12-17-11-7)10(8)13(14)15/h4-5H,2-3,6H2,1H3. The van der Waals surface area contributed by atoms with Gasteiger partial charge in [0.2, 0.25) is 0 Å². The molecule has 0 saturated carbocycles. The monoisotopic (exact) mass is 269 g/mol. The number of benzene rings is 1. The van der Waals surface area contributed by atoms with E-state index in [-0.39, 0.29) is 10.6 Å². The second kappa shape index (κ2) is 5.42. The van der Waals surface area contributed by atoms with Gasteiger partial charge in [-0.2, -0.15) is 8.75 Å². The molecule has 1 heterocycles. The topological polar surface area (TPSA) is 68.9 Å². The third-order valence-corrected chi connectivity index (χ3v) is 3.98. The van der Waals surface area contributed by atoms with E-state index in [9.17, 15) is 10.1 Å². The smallest absolute Gasteiger partial charge is 0.258 e. The normalized spacial score (nSPS) is 10.9. The van der Waals surface area contributed by atoms with E-state index in [4.69, 9.17) is 0 Å². The lowest BCUT2D eigenvalue weighted by molar-refractivity contribution is -0.386. The van der Waals surface area contributed by atoms with Gasteiger partial charge in [0.05, 0.1) is 21.5 Å². The fraction of sp³-hybridized carbons (Fsp3) is 0.400. The Kier molecular flexibility index (Phi) is 3.90. The molecule has 90 valence electrons.